The number of benzene rings is 2. The van der Waals surface area contributed by atoms with E-state index >= 15 is 0 Å². The fourth-order valence-electron chi connectivity index (χ4n) is 4.37. The lowest BCUT2D eigenvalue weighted by molar-refractivity contribution is -0.143. The maximum Gasteiger partial charge on any atom is 0.343 e. The van der Waals surface area contributed by atoms with Crippen molar-refractivity contribution < 1.29 is 38.4 Å². The van der Waals surface area contributed by atoms with E-state index < -0.39 is 18.0 Å². The third-order valence-corrected chi connectivity index (χ3v) is 8.05. The molecule has 42 heavy (non-hydrogen) atoms. The second-order valence-corrected chi connectivity index (χ2v) is 11.0. The minimum atomic E-state index is -0.884. The monoisotopic (exact) mass is 708 g/mol. The minimum Gasteiger partial charge on any atom is -0.504 e. The molecule has 11 nitrogen and oxygen atoms in total. The van der Waals surface area contributed by atoms with Crippen LogP contribution in [0.2, 0.25) is 0 Å². The Morgan fingerprint density at radius 1 is 1.10 bits per heavy atom. The fraction of sp³-hybridized carbons (Fsp3) is 0.310. The first kappa shape index (κ1) is 31.1. The lowest BCUT2D eigenvalue weighted by Crippen LogP contribution is -2.40. The van der Waals surface area contributed by atoms with E-state index in [2.05, 4.69) is 9.73 Å². The molecule has 3 aromatic rings. The Kier molecular flexibility index (Phi) is 9.93. The van der Waals surface area contributed by atoms with Gasteiger partial charge < -0.3 is 28.8 Å². The average Bonchev–Trinajstić information content (AvgIpc) is 3.27. The van der Waals surface area contributed by atoms with E-state index in [4.69, 9.17) is 18.9 Å². The lowest BCUT2D eigenvalue weighted by Gasteiger charge is -2.25. The lowest BCUT2D eigenvalue weighted by atomic mass is 9.95. The number of phenols is 1. The summed E-state index contributed by atoms with van der Waals surface area (Å²) in [4.78, 5) is 43.8. The standard InChI is InChI=1S/C29H29IN2O9S/c1-6-39-20-13-17(8-9-19(20)41-14-23(33)38-5)25-24(28(36)40-7-2)15(3)31-29-32(25)27(35)22(42-29)12-16-10-18(30)26(34)21(11-16)37-4/h8-13,25,34H,6-7,14H2,1-5H3/b22-12-/t25-/m1/s1. The minimum absolute atomic E-state index is 0.00975. The quantitative estimate of drug-likeness (QED) is 0.249. The number of hydrogen-bond donors (Lipinski definition) is 1. The molecule has 0 spiro atoms. The highest BCUT2D eigenvalue weighted by Gasteiger charge is 2.34. The first-order chi connectivity index (χ1) is 20.1. The number of phenolic OH excluding ortho intramolecular Hbond substituents is 1. The number of nitrogens with zero attached hydrogens (tertiary/aromatic N) is 2. The van der Waals surface area contributed by atoms with Crippen molar-refractivity contribution in [3.8, 4) is 23.0 Å². The van der Waals surface area contributed by atoms with Gasteiger partial charge in [0.25, 0.3) is 5.56 Å². The summed E-state index contributed by atoms with van der Waals surface area (Å²) in [6.07, 6.45) is 1.68. The van der Waals surface area contributed by atoms with Gasteiger partial charge in [-0.15, -0.1) is 0 Å². The van der Waals surface area contributed by atoms with Crippen LogP contribution >= 0.6 is 33.9 Å². The highest BCUT2D eigenvalue weighted by Crippen LogP contribution is 2.37. The van der Waals surface area contributed by atoms with Crippen molar-refractivity contribution >= 4 is 51.9 Å². The predicted molar refractivity (Wildman–Crippen MR) is 163 cm³/mol. The predicted octanol–water partition coefficient (Wildman–Crippen LogP) is 3.07. The zero-order chi connectivity index (χ0) is 30.6. The smallest absolute Gasteiger partial charge is 0.343 e. The molecule has 2 heterocycles. The van der Waals surface area contributed by atoms with Gasteiger partial charge in [-0.3, -0.25) is 9.36 Å². The normalized spacial score (nSPS) is 14.6. The summed E-state index contributed by atoms with van der Waals surface area (Å²) in [6, 6.07) is 7.45. The number of fused-ring (bicyclic) bond motifs is 1. The number of ether oxygens (including phenoxy) is 5. The van der Waals surface area contributed by atoms with Crippen molar-refractivity contribution in [3.63, 3.8) is 0 Å². The highest BCUT2D eigenvalue weighted by molar-refractivity contribution is 14.1. The van der Waals surface area contributed by atoms with Crippen LogP contribution < -0.4 is 29.1 Å². The Hall–Kier alpha value is -3.85. The van der Waals surface area contributed by atoms with Crippen LogP contribution in [0.1, 0.15) is 37.9 Å². The maximum atomic E-state index is 13.9. The van der Waals surface area contributed by atoms with E-state index in [0.29, 0.717) is 47.8 Å². The first-order valence-corrected chi connectivity index (χ1v) is 14.7. The molecule has 1 aliphatic heterocycles. The molecule has 0 unspecified atom stereocenters. The van der Waals surface area contributed by atoms with Crippen molar-refractivity contribution in [3.05, 3.63) is 76.0 Å². The molecule has 13 heteroatoms. The van der Waals surface area contributed by atoms with Gasteiger partial charge in [-0.1, -0.05) is 17.4 Å². The van der Waals surface area contributed by atoms with Gasteiger partial charge in [-0.25, -0.2) is 14.6 Å². The van der Waals surface area contributed by atoms with Crippen LogP contribution in [0.3, 0.4) is 0 Å². The summed E-state index contributed by atoms with van der Waals surface area (Å²) < 4.78 is 29.1. The number of hydrogen-bond acceptors (Lipinski definition) is 11. The molecule has 1 aliphatic rings. The van der Waals surface area contributed by atoms with Crippen LogP contribution in [0.25, 0.3) is 6.08 Å². The molecular formula is C29H29IN2O9S. The molecule has 0 saturated heterocycles. The third kappa shape index (κ3) is 6.31. The van der Waals surface area contributed by atoms with Gasteiger partial charge in [0.15, 0.2) is 34.4 Å². The zero-order valence-electron chi connectivity index (χ0n) is 23.6. The zero-order valence-corrected chi connectivity index (χ0v) is 26.5. The van der Waals surface area contributed by atoms with Crippen LogP contribution in [-0.2, 0) is 19.1 Å². The number of esters is 2. The number of halogens is 1. The molecule has 222 valence electrons. The molecule has 1 N–H and O–H groups in total. The van der Waals surface area contributed by atoms with E-state index in [1.807, 2.05) is 22.6 Å². The summed E-state index contributed by atoms with van der Waals surface area (Å²) in [5, 5.41) is 10.2. The molecule has 0 fully saturated rings. The van der Waals surface area contributed by atoms with E-state index in [-0.39, 0.29) is 35.8 Å². The number of carbonyl (C=O) groups is 2. The van der Waals surface area contributed by atoms with Gasteiger partial charge in [-0.2, -0.15) is 0 Å². The van der Waals surface area contributed by atoms with Crippen LogP contribution in [0, 0.1) is 3.57 Å². The van der Waals surface area contributed by atoms with E-state index in [9.17, 15) is 19.5 Å². The number of methoxy groups -OCH3 is 2. The van der Waals surface area contributed by atoms with Gasteiger partial charge in [0.2, 0.25) is 0 Å². The summed E-state index contributed by atoms with van der Waals surface area (Å²) in [6.45, 7) is 5.31. The van der Waals surface area contributed by atoms with E-state index in [1.165, 1.54) is 30.1 Å². The Morgan fingerprint density at radius 3 is 2.52 bits per heavy atom. The molecule has 1 atom stereocenters. The van der Waals surface area contributed by atoms with Crippen LogP contribution in [0.15, 0.2) is 51.4 Å². The molecule has 2 aromatic carbocycles. The Labute approximate surface area is 258 Å². The summed E-state index contributed by atoms with van der Waals surface area (Å²) in [5.41, 5.74) is 1.44. The second-order valence-electron chi connectivity index (χ2n) is 8.86. The number of thiazole rings is 1. The van der Waals surface area contributed by atoms with Gasteiger partial charge in [0.05, 0.1) is 52.8 Å². The van der Waals surface area contributed by atoms with Crippen molar-refractivity contribution in [2.24, 2.45) is 4.99 Å². The molecule has 0 radical (unpaired) electrons. The number of carbonyl (C=O) groups excluding carboxylic acids is 2. The topological polar surface area (TPSA) is 135 Å². The van der Waals surface area contributed by atoms with E-state index in [1.54, 1.807) is 57.2 Å². The van der Waals surface area contributed by atoms with Gasteiger partial charge in [0.1, 0.15) is 0 Å². The molecule has 0 aliphatic carbocycles. The summed E-state index contributed by atoms with van der Waals surface area (Å²) in [5.74, 6) is -0.248. The molecule has 0 amide bonds. The van der Waals surface area contributed by atoms with Crippen molar-refractivity contribution in [1.29, 1.82) is 0 Å². The van der Waals surface area contributed by atoms with Crippen molar-refractivity contribution in [2.75, 3.05) is 34.0 Å². The number of allylic oxidation sites excluding steroid dienone is 1. The number of rotatable bonds is 10. The van der Waals surface area contributed by atoms with Crippen molar-refractivity contribution in [2.45, 2.75) is 26.8 Å². The summed E-state index contributed by atoms with van der Waals surface area (Å²) >= 11 is 3.16. The molecule has 0 saturated carbocycles. The number of aromatic nitrogens is 1. The summed E-state index contributed by atoms with van der Waals surface area (Å²) in [7, 11) is 2.71. The largest absolute Gasteiger partial charge is 0.504 e. The molecular weight excluding hydrogens is 679 g/mol. The van der Waals surface area contributed by atoms with E-state index in [0.717, 1.165) is 0 Å². The highest BCUT2D eigenvalue weighted by atomic mass is 127. The van der Waals surface area contributed by atoms with Gasteiger partial charge in [0, 0.05) is 0 Å². The number of aromatic hydroxyl groups is 1. The third-order valence-electron chi connectivity index (χ3n) is 6.24. The van der Waals surface area contributed by atoms with Gasteiger partial charge >= 0.3 is 11.9 Å². The van der Waals surface area contributed by atoms with Crippen LogP contribution in [0.5, 0.6) is 23.0 Å². The Morgan fingerprint density at radius 2 is 1.86 bits per heavy atom. The van der Waals surface area contributed by atoms with Crippen molar-refractivity contribution in [1.82, 2.24) is 4.57 Å². The average molecular weight is 709 g/mol. The molecule has 0 bridgehead atoms. The van der Waals surface area contributed by atoms with Crippen LogP contribution in [-0.4, -0.2) is 55.7 Å². The fourth-order valence-corrected chi connectivity index (χ4v) is 6.04. The Bertz CT molecular complexity index is 1740. The molecule has 4 rings (SSSR count). The molecule has 1 aromatic heterocycles. The maximum absolute atomic E-state index is 13.9. The van der Waals surface area contributed by atoms with Crippen LogP contribution in [0.4, 0.5) is 0 Å². The first-order valence-electron chi connectivity index (χ1n) is 12.9. The Balaban J connectivity index is 1.91. The SMILES string of the molecule is CCOC(=O)C1=C(C)N=c2s/c(=C\c3cc(I)c(O)c(OC)c3)c(=O)n2[C@@H]1c1ccc(OCC(=O)OC)c(OCC)c1. The second kappa shape index (κ2) is 13.4. The van der Waals surface area contributed by atoms with Gasteiger partial charge in [-0.05, 0) is 84.8 Å².